The Labute approximate surface area is 121 Å². The van der Waals surface area contributed by atoms with Gasteiger partial charge in [-0.15, -0.1) is 0 Å². The van der Waals surface area contributed by atoms with Crippen LogP contribution < -0.4 is 10.6 Å². The SMILES string of the molecule is CC(=O)N[C@@H]1CC(=O)CC[C@@H]1N1CCC(NC(=O)O)C1=O. The van der Waals surface area contributed by atoms with Crippen molar-refractivity contribution in [2.75, 3.05) is 6.54 Å². The fraction of sp³-hybridized carbons (Fsp3) is 0.692. The van der Waals surface area contributed by atoms with E-state index in [0.29, 0.717) is 25.8 Å². The van der Waals surface area contributed by atoms with Crippen molar-refractivity contribution >= 4 is 23.7 Å². The Bertz CT molecular complexity index is 476. The van der Waals surface area contributed by atoms with Gasteiger partial charge in [-0.2, -0.15) is 0 Å². The lowest BCUT2D eigenvalue weighted by Crippen LogP contribution is -2.56. The van der Waals surface area contributed by atoms with E-state index in [9.17, 15) is 19.2 Å². The summed E-state index contributed by atoms with van der Waals surface area (Å²) in [5.41, 5.74) is 0. The second-order valence-electron chi connectivity index (χ2n) is 5.48. The van der Waals surface area contributed by atoms with Gasteiger partial charge in [0.05, 0.1) is 12.1 Å². The Balaban J connectivity index is 2.08. The molecule has 21 heavy (non-hydrogen) atoms. The highest BCUT2D eigenvalue weighted by atomic mass is 16.4. The second-order valence-corrected chi connectivity index (χ2v) is 5.48. The van der Waals surface area contributed by atoms with Crippen molar-refractivity contribution in [2.45, 2.75) is 50.7 Å². The van der Waals surface area contributed by atoms with Gasteiger partial charge in [-0.3, -0.25) is 14.4 Å². The van der Waals surface area contributed by atoms with Gasteiger partial charge >= 0.3 is 6.09 Å². The minimum Gasteiger partial charge on any atom is -0.465 e. The first kappa shape index (κ1) is 15.3. The van der Waals surface area contributed by atoms with Gasteiger partial charge in [0.1, 0.15) is 11.8 Å². The zero-order valence-electron chi connectivity index (χ0n) is 11.8. The normalized spacial score (nSPS) is 29.4. The van der Waals surface area contributed by atoms with E-state index in [0.717, 1.165) is 0 Å². The monoisotopic (exact) mass is 297 g/mol. The lowest BCUT2D eigenvalue weighted by Gasteiger charge is -2.37. The van der Waals surface area contributed by atoms with Crippen LogP contribution in [0.2, 0.25) is 0 Å². The molecule has 116 valence electrons. The van der Waals surface area contributed by atoms with E-state index < -0.39 is 18.2 Å². The molecule has 3 atom stereocenters. The number of nitrogens with one attached hydrogen (secondary N) is 2. The molecule has 0 radical (unpaired) electrons. The van der Waals surface area contributed by atoms with Gasteiger partial charge in [-0.05, 0) is 12.8 Å². The van der Waals surface area contributed by atoms with E-state index in [1.54, 1.807) is 4.90 Å². The van der Waals surface area contributed by atoms with Crippen molar-refractivity contribution in [3.63, 3.8) is 0 Å². The first-order valence-corrected chi connectivity index (χ1v) is 6.97. The molecule has 1 saturated heterocycles. The third kappa shape index (κ3) is 3.50. The van der Waals surface area contributed by atoms with Crippen molar-refractivity contribution in [1.82, 2.24) is 15.5 Å². The molecule has 3 amide bonds. The van der Waals surface area contributed by atoms with E-state index in [1.807, 2.05) is 0 Å². The van der Waals surface area contributed by atoms with Crippen molar-refractivity contribution in [3.8, 4) is 0 Å². The minimum absolute atomic E-state index is 0.0665. The summed E-state index contributed by atoms with van der Waals surface area (Å²) in [6.07, 6.45) is 0.261. The van der Waals surface area contributed by atoms with Crippen molar-refractivity contribution in [1.29, 1.82) is 0 Å². The number of amides is 3. The number of likely N-dealkylation sites (tertiary alicyclic amines) is 1. The third-order valence-corrected chi connectivity index (χ3v) is 3.96. The zero-order chi connectivity index (χ0) is 15.6. The first-order valence-electron chi connectivity index (χ1n) is 6.97. The van der Waals surface area contributed by atoms with Crippen LogP contribution in [0.15, 0.2) is 0 Å². The van der Waals surface area contributed by atoms with E-state index in [-0.39, 0.29) is 30.1 Å². The number of ketones is 1. The Morgan fingerprint density at radius 3 is 2.57 bits per heavy atom. The molecule has 0 aromatic heterocycles. The van der Waals surface area contributed by atoms with Gasteiger partial charge in [0.15, 0.2) is 0 Å². The summed E-state index contributed by atoms with van der Waals surface area (Å²) in [6.45, 7) is 1.80. The van der Waals surface area contributed by atoms with E-state index >= 15 is 0 Å². The molecule has 2 fully saturated rings. The lowest BCUT2D eigenvalue weighted by atomic mass is 9.88. The number of hydrogen-bond acceptors (Lipinski definition) is 4. The molecule has 1 heterocycles. The van der Waals surface area contributed by atoms with Crippen LogP contribution in [0.3, 0.4) is 0 Å². The van der Waals surface area contributed by atoms with Crippen molar-refractivity contribution in [3.05, 3.63) is 0 Å². The summed E-state index contributed by atoms with van der Waals surface area (Å²) >= 11 is 0. The molecule has 2 aliphatic rings. The predicted octanol–water partition coefficient (Wildman–Crippen LogP) is -0.519. The Hall–Kier alpha value is -2.12. The maximum absolute atomic E-state index is 12.3. The quantitative estimate of drug-likeness (QED) is 0.648. The van der Waals surface area contributed by atoms with E-state index in [4.69, 9.17) is 5.11 Å². The van der Waals surface area contributed by atoms with Gasteiger partial charge in [0, 0.05) is 26.3 Å². The molecule has 8 heteroatoms. The minimum atomic E-state index is -1.23. The Morgan fingerprint density at radius 2 is 1.95 bits per heavy atom. The number of carboxylic acid groups (broad SMARTS) is 1. The fourth-order valence-electron chi connectivity index (χ4n) is 3.09. The van der Waals surface area contributed by atoms with Crippen LogP contribution in [0.5, 0.6) is 0 Å². The molecule has 0 aromatic carbocycles. The molecule has 2 rings (SSSR count). The van der Waals surface area contributed by atoms with E-state index in [2.05, 4.69) is 10.6 Å². The van der Waals surface area contributed by atoms with Gasteiger partial charge in [0.25, 0.3) is 0 Å². The molecule has 1 aliphatic carbocycles. The number of nitrogens with zero attached hydrogens (tertiary/aromatic N) is 1. The second kappa shape index (κ2) is 6.11. The average molecular weight is 297 g/mol. The molecular formula is C13H19N3O5. The topological polar surface area (TPSA) is 116 Å². The number of carbonyl (C=O) groups excluding carboxylic acids is 3. The molecule has 3 N–H and O–H groups in total. The summed E-state index contributed by atoms with van der Waals surface area (Å²) in [5.74, 6) is -0.462. The van der Waals surface area contributed by atoms with Gasteiger partial charge < -0.3 is 20.6 Å². The summed E-state index contributed by atoms with van der Waals surface area (Å²) in [4.78, 5) is 47.3. The zero-order valence-corrected chi connectivity index (χ0v) is 11.8. The standard InChI is InChI=1S/C13H19N3O5/c1-7(17)14-10-6-8(18)2-3-11(10)16-5-4-9(12(16)19)15-13(20)21/h9-11,15H,2-6H2,1H3,(H,14,17)(H,20,21)/t9?,10-,11+/m1/s1. The van der Waals surface area contributed by atoms with Crippen LogP contribution in [-0.4, -0.2) is 58.4 Å². The first-order chi connectivity index (χ1) is 9.88. The average Bonchev–Trinajstić information content (AvgIpc) is 2.70. The van der Waals surface area contributed by atoms with Crippen LogP contribution in [-0.2, 0) is 14.4 Å². The fourth-order valence-corrected chi connectivity index (χ4v) is 3.09. The summed E-state index contributed by atoms with van der Waals surface area (Å²) in [6, 6.07) is -1.38. The van der Waals surface area contributed by atoms with Crippen LogP contribution in [0, 0.1) is 0 Å². The number of Topliss-reactive ketones (excluding diaryl/α,β-unsaturated/α-hetero) is 1. The van der Waals surface area contributed by atoms with Gasteiger partial charge in [-0.1, -0.05) is 0 Å². The summed E-state index contributed by atoms with van der Waals surface area (Å²) in [7, 11) is 0. The molecule has 0 bridgehead atoms. The molecule has 1 saturated carbocycles. The van der Waals surface area contributed by atoms with Crippen LogP contribution in [0.25, 0.3) is 0 Å². The van der Waals surface area contributed by atoms with Crippen LogP contribution in [0.4, 0.5) is 4.79 Å². The maximum atomic E-state index is 12.3. The third-order valence-electron chi connectivity index (χ3n) is 3.96. The van der Waals surface area contributed by atoms with Crippen molar-refractivity contribution < 1.29 is 24.3 Å². The van der Waals surface area contributed by atoms with Gasteiger partial charge in [0.2, 0.25) is 11.8 Å². The predicted molar refractivity (Wildman–Crippen MR) is 71.5 cm³/mol. The Kier molecular flexibility index (Phi) is 4.44. The summed E-state index contributed by atoms with van der Waals surface area (Å²) in [5, 5.41) is 13.6. The van der Waals surface area contributed by atoms with Crippen LogP contribution >= 0.6 is 0 Å². The summed E-state index contributed by atoms with van der Waals surface area (Å²) < 4.78 is 0. The maximum Gasteiger partial charge on any atom is 0.405 e. The number of carbonyl (C=O) groups is 4. The van der Waals surface area contributed by atoms with Gasteiger partial charge in [-0.25, -0.2) is 4.79 Å². The molecule has 1 unspecified atom stereocenters. The lowest BCUT2D eigenvalue weighted by molar-refractivity contribution is -0.135. The number of rotatable bonds is 3. The highest BCUT2D eigenvalue weighted by Crippen LogP contribution is 2.25. The van der Waals surface area contributed by atoms with E-state index in [1.165, 1.54) is 6.92 Å². The highest BCUT2D eigenvalue weighted by Gasteiger charge is 2.42. The molecule has 1 aliphatic heterocycles. The van der Waals surface area contributed by atoms with Crippen molar-refractivity contribution in [2.24, 2.45) is 0 Å². The molecular weight excluding hydrogens is 278 g/mol. The molecule has 8 nitrogen and oxygen atoms in total. The molecule has 0 spiro atoms. The van der Waals surface area contributed by atoms with Crippen LogP contribution in [0.1, 0.15) is 32.6 Å². The smallest absolute Gasteiger partial charge is 0.405 e. The Morgan fingerprint density at radius 1 is 1.24 bits per heavy atom. The molecule has 0 aromatic rings. The number of hydrogen-bond donors (Lipinski definition) is 3. The largest absolute Gasteiger partial charge is 0.465 e. The highest BCUT2D eigenvalue weighted by molar-refractivity contribution is 5.88.